The van der Waals surface area contributed by atoms with Gasteiger partial charge in [0.05, 0.1) is 6.61 Å². The van der Waals surface area contributed by atoms with Gasteiger partial charge in [-0.25, -0.2) is 13.8 Å². The summed E-state index contributed by atoms with van der Waals surface area (Å²) in [5, 5.41) is 2.20. The summed E-state index contributed by atoms with van der Waals surface area (Å²) in [7, 11) is 0. The van der Waals surface area contributed by atoms with Crippen LogP contribution in [0.1, 0.15) is 43.4 Å². The molecule has 4 atom stereocenters. The van der Waals surface area contributed by atoms with Crippen molar-refractivity contribution in [1.29, 1.82) is 0 Å². The Hall–Kier alpha value is -2.21. The summed E-state index contributed by atoms with van der Waals surface area (Å²) >= 11 is 5.80. The van der Waals surface area contributed by atoms with Crippen LogP contribution in [0.3, 0.4) is 0 Å². The third-order valence-corrected chi connectivity index (χ3v) is 6.16. The molecule has 1 aromatic carbocycles. The average molecular weight is 407 g/mol. The molecule has 2 aliphatic rings. The predicted octanol–water partition coefficient (Wildman–Crippen LogP) is 4.66. The maximum Gasteiger partial charge on any atom is 0.207 e. The second kappa shape index (κ2) is 7.32. The van der Waals surface area contributed by atoms with E-state index < -0.39 is 16.7 Å². The van der Waals surface area contributed by atoms with Gasteiger partial charge in [0, 0.05) is 35.2 Å². The average Bonchev–Trinajstić information content (AvgIpc) is 3.28. The van der Waals surface area contributed by atoms with Gasteiger partial charge in [-0.1, -0.05) is 25.4 Å². The summed E-state index contributed by atoms with van der Waals surface area (Å²) < 4.78 is 34.2. The van der Waals surface area contributed by atoms with E-state index in [2.05, 4.69) is 12.2 Å². The fourth-order valence-corrected chi connectivity index (χ4v) is 4.20. The summed E-state index contributed by atoms with van der Waals surface area (Å²) in [6, 6.07) is 4.48. The van der Waals surface area contributed by atoms with Crippen molar-refractivity contribution in [3.8, 4) is 17.0 Å². The Bertz CT molecular complexity index is 937. The third-order valence-electron chi connectivity index (χ3n) is 5.81. The molecule has 2 aromatic rings. The van der Waals surface area contributed by atoms with E-state index in [-0.39, 0.29) is 17.4 Å². The first kappa shape index (κ1) is 19.1. The highest BCUT2D eigenvalue weighted by Gasteiger charge is 2.41. The van der Waals surface area contributed by atoms with Crippen LogP contribution in [0.5, 0.6) is 5.75 Å². The van der Waals surface area contributed by atoms with Gasteiger partial charge in [0.25, 0.3) is 0 Å². The Morgan fingerprint density at radius 2 is 2.14 bits per heavy atom. The van der Waals surface area contributed by atoms with E-state index in [9.17, 15) is 13.6 Å². The smallest absolute Gasteiger partial charge is 0.207 e. The highest BCUT2D eigenvalue weighted by atomic mass is 35.5. The van der Waals surface area contributed by atoms with E-state index in [1.54, 1.807) is 0 Å². The van der Waals surface area contributed by atoms with Gasteiger partial charge < -0.3 is 10.1 Å². The molecule has 1 fully saturated rings. The van der Waals surface area contributed by atoms with Gasteiger partial charge in [-0.15, -0.1) is 0 Å². The van der Waals surface area contributed by atoms with Crippen LogP contribution in [-0.4, -0.2) is 24.5 Å². The summed E-state index contributed by atoms with van der Waals surface area (Å²) in [6.45, 7) is 5.14. The number of rotatable bonds is 6. The van der Waals surface area contributed by atoms with Crippen molar-refractivity contribution in [3.63, 3.8) is 0 Å². The zero-order valence-corrected chi connectivity index (χ0v) is 16.4. The van der Waals surface area contributed by atoms with E-state index in [1.165, 1.54) is 6.07 Å². The predicted molar refractivity (Wildman–Crippen MR) is 103 cm³/mol. The zero-order valence-electron chi connectivity index (χ0n) is 15.6. The van der Waals surface area contributed by atoms with Crippen LogP contribution >= 0.6 is 11.6 Å². The van der Waals surface area contributed by atoms with E-state index in [0.717, 1.165) is 23.7 Å². The van der Waals surface area contributed by atoms with E-state index >= 15 is 0 Å². The first-order valence-corrected chi connectivity index (χ1v) is 9.78. The molecule has 0 radical (unpaired) electrons. The van der Waals surface area contributed by atoms with Crippen molar-refractivity contribution in [2.75, 3.05) is 13.2 Å². The number of hydrogen-bond donors (Lipinski definition) is 1. The maximum atomic E-state index is 14.8. The molecule has 4 unspecified atom stereocenters. The lowest BCUT2D eigenvalue weighted by atomic mass is 9.92. The number of hydrogen-bond acceptors (Lipinski definition) is 3. The van der Waals surface area contributed by atoms with Gasteiger partial charge in [-0.3, -0.25) is 4.79 Å². The number of aromatic nitrogens is 1. The molecule has 0 saturated heterocycles. The van der Waals surface area contributed by atoms with E-state index in [1.807, 2.05) is 13.0 Å². The molecule has 0 spiro atoms. The Morgan fingerprint density at radius 1 is 1.39 bits per heavy atom. The summed E-state index contributed by atoms with van der Waals surface area (Å²) in [5.74, 6) is -0.0396. The lowest BCUT2D eigenvalue weighted by Crippen LogP contribution is -2.23. The Balaban J connectivity index is 1.86. The first-order chi connectivity index (χ1) is 13.4. The largest absolute Gasteiger partial charge is 0.490 e. The minimum atomic E-state index is -0.848. The molecular weight excluding hydrogens is 386 g/mol. The van der Waals surface area contributed by atoms with Gasteiger partial charge in [0.1, 0.15) is 22.3 Å². The number of carbonyl (C=O) groups is 1. The van der Waals surface area contributed by atoms with Crippen molar-refractivity contribution in [1.82, 2.24) is 10.3 Å². The topological polar surface area (TPSA) is 51.2 Å². The molecule has 4 rings (SSSR count). The van der Waals surface area contributed by atoms with Crippen LogP contribution in [0, 0.1) is 23.5 Å². The number of pyridine rings is 1. The number of ether oxygens (including phenoxy) is 1. The number of fused-ring (bicyclic) bond motifs is 1. The molecule has 0 bridgehead atoms. The number of halogens is 3. The van der Waals surface area contributed by atoms with Crippen molar-refractivity contribution in [3.05, 3.63) is 46.1 Å². The lowest BCUT2D eigenvalue weighted by Gasteiger charge is -2.19. The molecule has 1 aliphatic heterocycles. The number of benzene rings is 1. The van der Waals surface area contributed by atoms with Crippen LogP contribution in [0.15, 0.2) is 18.2 Å². The normalized spacial score (nSPS) is 23.7. The third kappa shape index (κ3) is 3.24. The van der Waals surface area contributed by atoms with Crippen LogP contribution < -0.4 is 10.1 Å². The fraction of sp³-hybridized carbons (Fsp3) is 0.429. The van der Waals surface area contributed by atoms with Crippen LogP contribution in [-0.2, 0) is 4.79 Å². The molecular formula is C21H21ClF2N2O2. The molecule has 4 nitrogen and oxygen atoms in total. The highest BCUT2D eigenvalue weighted by molar-refractivity contribution is 6.31. The van der Waals surface area contributed by atoms with Gasteiger partial charge in [-0.05, 0) is 36.5 Å². The SMILES string of the molecule is CC1COc2c1cc(C(CNC=O)C1CC1C)nc2-c1ccc(F)c(Cl)c1F. The number of amides is 1. The molecule has 28 heavy (non-hydrogen) atoms. The minimum absolute atomic E-state index is 0.0241. The molecule has 7 heteroatoms. The molecule has 1 amide bonds. The van der Waals surface area contributed by atoms with Crippen molar-refractivity contribution < 1.29 is 18.3 Å². The van der Waals surface area contributed by atoms with Gasteiger partial charge in [0.15, 0.2) is 5.82 Å². The number of nitrogens with zero attached hydrogens (tertiary/aromatic N) is 1. The monoisotopic (exact) mass is 406 g/mol. The molecule has 1 aromatic heterocycles. The zero-order chi connectivity index (χ0) is 20.0. The quantitative estimate of drug-likeness (QED) is 0.560. The van der Waals surface area contributed by atoms with E-state index in [0.29, 0.717) is 42.8 Å². The lowest BCUT2D eigenvalue weighted by molar-refractivity contribution is -0.109. The van der Waals surface area contributed by atoms with Crippen molar-refractivity contribution >= 4 is 18.0 Å². The second-order valence-corrected chi connectivity index (χ2v) is 8.14. The van der Waals surface area contributed by atoms with Crippen LogP contribution in [0.2, 0.25) is 5.02 Å². The van der Waals surface area contributed by atoms with Gasteiger partial charge in [-0.2, -0.15) is 0 Å². The maximum absolute atomic E-state index is 14.8. The Labute approximate surface area is 167 Å². The summed E-state index contributed by atoms with van der Waals surface area (Å²) in [4.78, 5) is 15.6. The van der Waals surface area contributed by atoms with Crippen LogP contribution in [0.4, 0.5) is 8.78 Å². The molecule has 1 aliphatic carbocycles. The highest BCUT2D eigenvalue weighted by Crippen LogP contribution is 2.50. The number of carbonyl (C=O) groups excluding carboxylic acids is 1. The second-order valence-electron chi connectivity index (χ2n) is 7.76. The van der Waals surface area contributed by atoms with Crippen LogP contribution in [0.25, 0.3) is 11.3 Å². The molecule has 1 saturated carbocycles. The Kier molecular flexibility index (Phi) is 5.00. The number of nitrogens with one attached hydrogen (secondary N) is 1. The molecule has 1 N–H and O–H groups in total. The minimum Gasteiger partial charge on any atom is -0.490 e. The van der Waals surface area contributed by atoms with Gasteiger partial charge >= 0.3 is 0 Å². The molecule has 148 valence electrons. The van der Waals surface area contributed by atoms with Gasteiger partial charge in [0.2, 0.25) is 6.41 Å². The summed E-state index contributed by atoms with van der Waals surface area (Å²) in [6.07, 6.45) is 1.74. The van der Waals surface area contributed by atoms with Crippen molar-refractivity contribution in [2.45, 2.75) is 32.1 Å². The fourth-order valence-electron chi connectivity index (χ4n) is 4.03. The molecule has 2 heterocycles. The van der Waals surface area contributed by atoms with E-state index in [4.69, 9.17) is 21.3 Å². The van der Waals surface area contributed by atoms with Crippen molar-refractivity contribution in [2.24, 2.45) is 11.8 Å². The Morgan fingerprint density at radius 3 is 2.82 bits per heavy atom. The summed E-state index contributed by atoms with van der Waals surface area (Å²) in [5.41, 5.74) is 2.18. The standard InChI is InChI=1S/C21H21ClF2N2O2/c1-10-5-13(10)15(7-25-9-27)17-6-14-11(2)8-28-21(14)20(26-17)12-3-4-16(23)18(22)19(12)24/h3-4,6,9-11,13,15H,5,7-8H2,1-2H3,(H,25,27). The first-order valence-electron chi connectivity index (χ1n) is 9.40.